The molecule has 2 heterocycles. The van der Waals surface area contributed by atoms with Gasteiger partial charge in [-0.3, -0.25) is 0 Å². The molecule has 4 rings (SSSR count). The average Bonchev–Trinajstić information content (AvgIpc) is 2.85. The minimum atomic E-state index is 0.200. The van der Waals surface area contributed by atoms with Gasteiger partial charge in [0.05, 0.1) is 20.4 Å². The molecule has 168 valence electrons. The van der Waals surface area contributed by atoms with Crippen molar-refractivity contribution in [2.75, 3.05) is 39.2 Å². The number of hydrogen-bond acceptors (Lipinski definition) is 8. The maximum atomic E-state index is 6.08. The Bertz CT molecular complexity index is 990. The van der Waals surface area contributed by atoms with Crippen LogP contribution < -0.4 is 29.6 Å². The molecule has 1 aromatic heterocycles. The molecule has 0 spiro atoms. The molecule has 1 aliphatic heterocycles. The first-order valence-corrected chi connectivity index (χ1v) is 10.7. The first kappa shape index (κ1) is 21.7. The zero-order valence-corrected chi connectivity index (χ0v) is 18.3. The van der Waals surface area contributed by atoms with Crippen molar-refractivity contribution in [3.63, 3.8) is 0 Å². The number of ether oxygens (including phenoxy) is 4. The van der Waals surface area contributed by atoms with Crippen molar-refractivity contribution in [3.05, 3.63) is 54.7 Å². The van der Waals surface area contributed by atoms with Gasteiger partial charge in [-0.2, -0.15) is 4.98 Å². The predicted molar refractivity (Wildman–Crippen MR) is 122 cm³/mol. The molecule has 0 amide bonds. The highest BCUT2D eigenvalue weighted by atomic mass is 16.5. The molecule has 0 aliphatic carbocycles. The molecule has 8 heteroatoms. The molecule has 0 radical (unpaired) electrons. The fourth-order valence-electron chi connectivity index (χ4n) is 3.44. The molecule has 0 bridgehead atoms. The van der Waals surface area contributed by atoms with Gasteiger partial charge in [-0.1, -0.05) is 0 Å². The van der Waals surface area contributed by atoms with Gasteiger partial charge >= 0.3 is 6.01 Å². The van der Waals surface area contributed by atoms with Gasteiger partial charge in [0.25, 0.3) is 0 Å². The SMILES string of the molecule is COc1ccc(Oc2ncc(NCC3CCNCC3)c(Oc3ccc(OC)cc3)n2)cc1. The summed E-state index contributed by atoms with van der Waals surface area (Å²) in [7, 11) is 3.25. The van der Waals surface area contributed by atoms with Crippen molar-refractivity contribution >= 4 is 5.69 Å². The van der Waals surface area contributed by atoms with Gasteiger partial charge in [-0.15, -0.1) is 0 Å². The molecule has 0 atom stereocenters. The van der Waals surface area contributed by atoms with E-state index in [2.05, 4.69) is 20.6 Å². The monoisotopic (exact) mass is 436 g/mol. The van der Waals surface area contributed by atoms with E-state index in [-0.39, 0.29) is 6.01 Å². The van der Waals surface area contributed by atoms with Gasteiger partial charge in [0.15, 0.2) is 0 Å². The Kier molecular flexibility index (Phi) is 7.24. The zero-order valence-electron chi connectivity index (χ0n) is 18.3. The van der Waals surface area contributed by atoms with Gasteiger partial charge in [-0.25, -0.2) is 4.98 Å². The van der Waals surface area contributed by atoms with Gasteiger partial charge in [0.2, 0.25) is 5.88 Å². The summed E-state index contributed by atoms with van der Waals surface area (Å²) in [6, 6.07) is 14.8. The number of anilines is 1. The molecule has 0 unspecified atom stereocenters. The van der Waals surface area contributed by atoms with Crippen LogP contribution in [0.3, 0.4) is 0 Å². The highest BCUT2D eigenvalue weighted by Gasteiger charge is 2.16. The quantitative estimate of drug-likeness (QED) is 0.507. The summed E-state index contributed by atoms with van der Waals surface area (Å²) in [6.45, 7) is 2.93. The molecule has 3 aromatic rings. The minimum absolute atomic E-state index is 0.200. The third-order valence-electron chi connectivity index (χ3n) is 5.31. The van der Waals surface area contributed by atoms with E-state index in [1.165, 1.54) is 0 Å². The van der Waals surface area contributed by atoms with Gasteiger partial charge in [-0.05, 0) is 80.4 Å². The van der Waals surface area contributed by atoms with E-state index in [1.54, 1.807) is 32.5 Å². The van der Waals surface area contributed by atoms with Crippen LogP contribution in [0.5, 0.6) is 34.9 Å². The highest BCUT2D eigenvalue weighted by Crippen LogP contribution is 2.31. The molecule has 2 aromatic carbocycles. The summed E-state index contributed by atoms with van der Waals surface area (Å²) in [5.74, 6) is 3.76. The fraction of sp³-hybridized carbons (Fsp3) is 0.333. The fourth-order valence-corrected chi connectivity index (χ4v) is 3.44. The molecular weight excluding hydrogens is 408 g/mol. The van der Waals surface area contributed by atoms with Crippen LogP contribution in [-0.4, -0.2) is 43.8 Å². The smallest absolute Gasteiger partial charge is 0.325 e. The third kappa shape index (κ3) is 5.79. The first-order chi connectivity index (χ1) is 15.7. The van der Waals surface area contributed by atoms with E-state index >= 15 is 0 Å². The Morgan fingerprint density at radius 2 is 1.41 bits per heavy atom. The van der Waals surface area contributed by atoms with Crippen LogP contribution in [0.2, 0.25) is 0 Å². The number of nitrogens with one attached hydrogen (secondary N) is 2. The van der Waals surface area contributed by atoms with Crippen molar-refractivity contribution in [1.29, 1.82) is 0 Å². The van der Waals surface area contributed by atoms with E-state index in [0.29, 0.717) is 23.3 Å². The van der Waals surface area contributed by atoms with Crippen molar-refractivity contribution in [2.45, 2.75) is 12.8 Å². The number of aromatic nitrogens is 2. The normalized spacial score (nSPS) is 13.9. The van der Waals surface area contributed by atoms with Crippen LogP contribution in [0.4, 0.5) is 5.69 Å². The standard InChI is InChI=1S/C24H28N4O4/c1-29-18-3-7-20(8-4-18)31-23-22(26-15-17-11-13-25-14-12-17)16-27-24(28-23)32-21-9-5-19(30-2)6-10-21/h3-10,16-17,25-26H,11-15H2,1-2H3. The lowest BCUT2D eigenvalue weighted by atomic mass is 9.98. The van der Waals surface area contributed by atoms with Crippen molar-refractivity contribution < 1.29 is 18.9 Å². The lowest BCUT2D eigenvalue weighted by molar-refractivity contribution is 0.387. The molecule has 8 nitrogen and oxygen atoms in total. The predicted octanol–water partition coefficient (Wildman–Crippen LogP) is 4.49. The summed E-state index contributed by atoms with van der Waals surface area (Å²) in [5, 5.41) is 6.85. The van der Waals surface area contributed by atoms with Crippen LogP contribution in [-0.2, 0) is 0 Å². The molecule has 2 N–H and O–H groups in total. The molecular formula is C24H28N4O4. The van der Waals surface area contributed by atoms with Crippen LogP contribution in [0, 0.1) is 5.92 Å². The van der Waals surface area contributed by atoms with Crippen molar-refractivity contribution in [2.24, 2.45) is 5.92 Å². The van der Waals surface area contributed by atoms with Crippen LogP contribution in [0.25, 0.3) is 0 Å². The molecule has 1 saturated heterocycles. The van der Waals surface area contributed by atoms with E-state index in [4.69, 9.17) is 18.9 Å². The maximum Gasteiger partial charge on any atom is 0.325 e. The second-order valence-corrected chi connectivity index (χ2v) is 7.50. The Morgan fingerprint density at radius 3 is 2.00 bits per heavy atom. The zero-order chi connectivity index (χ0) is 22.2. The number of rotatable bonds is 9. The molecule has 0 saturated carbocycles. The van der Waals surface area contributed by atoms with E-state index in [9.17, 15) is 0 Å². The largest absolute Gasteiger partial charge is 0.497 e. The van der Waals surface area contributed by atoms with E-state index in [0.717, 1.165) is 49.7 Å². The molecule has 1 fully saturated rings. The number of hydrogen-bond donors (Lipinski definition) is 2. The Labute approximate surface area is 187 Å². The summed E-state index contributed by atoms with van der Waals surface area (Å²) in [6.07, 6.45) is 3.98. The van der Waals surface area contributed by atoms with Gasteiger partial charge < -0.3 is 29.6 Å². The number of benzene rings is 2. The second-order valence-electron chi connectivity index (χ2n) is 7.50. The average molecular weight is 437 g/mol. The first-order valence-electron chi connectivity index (χ1n) is 10.7. The molecule has 1 aliphatic rings. The van der Waals surface area contributed by atoms with Gasteiger partial charge in [0, 0.05) is 6.54 Å². The van der Waals surface area contributed by atoms with Crippen LogP contribution in [0.15, 0.2) is 54.7 Å². The summed E-state index contributed by atoms with van der Waals surface area (Å²) >= 11 is 0. The lowest BCUT2D eigenvalue weighted by Crippen LogP contribution is -2.31. The Hall–Kier alpha value is -3.52. The second kappa shape index (κ2) is 10.7. The summed E-state index contributed by atoms with van der Waals surface area (Å²) in [5.41, 5.74) is 0.724. The highest BCUT2D eigenvalue weighted by molar-refractivity contribution is 5.53. The number of methoxy groups -OCH3 is 2. The lowest BCUT2D eigenvalue weighted by Gasteiger charge is -2.23. The van der Waals surface area contributed by atoms with E-state index < -0.39 is 0 Å². The Morgan fingerprint density at radius 1 is 0.844 bits per heavy atom. The van der Waals surface area contributed by atoms with Crippen LogP contribution in [0.1, 0.15) is 12.8 Å². The Balaban J connectivity index is 1.53. The van der Waals surface area contributed by atoms with Gasteiger partial charge in [0.1, 0.15) is 28.7 Å². The topological polar surface area (TPSA) is 86.8 Å². The van der Waals surface area contributed by atoms with Crippen molar-refractivity contribution in [3.8, 4) is 34.9 Å². The molecule has 32 heavy (non-hydrogen) atoms. The maximum absolute atomic E-state index is 6.08. The number of piperidine rings is 1. The summed E-state index contributed by atoms with van der Waals surface area (Å²) in [4.78, 5) is 8.89. The third-order valence-corrected chi connectivity index (χ3v) is 5.31. The minimum Gasteiger partial charge on any atom is -0.497 e. The number of nitrogens with zero attached hydrogens (tertiary/aromatic N) is 2. The van der Waals surface area contributed by atoms with Crippen molar-refractivity contribution in [1.82, 2.24) is 15.3 Å². The van der Waals surface area contributed by atoms with Crippen LogP contribution >= 0.6 is 0 Å². The van der Waals surface area contributed by atoms with E-state index in [1.807, 2.05) is 36.4 Å². The summed E-state index contributed by atoms with van der Waals surface area (Å²) < 4.78 is 22.3.